The van der Waals surface area contributed by atoms with Crippen molar-refractivity contribution in [3.05, 3.63) is 62.4 Å². The predicted octanol–water partition coefficient (Wildman–Crippen LogP) is 4.00. The van der Waals surface area contributed by atoms with Gasteiger partial charge in [0.2, 0.25) is 0 Å². The van der Waals surface area contributed by atoms with E-state index in [9.17, 15) is 9.59 Å². The van der Waals surface area contributed by atoms with Crippen LogP contribution in [-0.4, -0.2) is 23.6 Å². The van der Waals surface area contributed by atoms with Gasteiger partial charge in [0.25, 0.3) is 5.91 Å². The lowest BCUT2D eigenvalue weighted by Crippen LogP contribution is -2.22. The molecule has 3 rings (SSSR count). The van der Waals surface area contributed by atoms with Gasteiger partial charge in [-0.2, -0.15) is 4.99 Å². The van der Waals surface area contributed by atoms with Gasteiger partial charge in [0.05, 0.1) is 22.9 Å². The van der Waals surface area contributed by atoms with Crippen molar-refractivity contribution in [2.45, 2.75) is 20.4 Å². The number of nitrogens with zero attached hydrogens (tertiary/aromatic N) is 2. The lowest BCUT2D eigenvalue weighted by Gasteiger charge is -2.05. The van der Waals surface area contributed by atoms with Crippen LogP contribution >= 0.6 is 27.3 Å². The Bertz CT molecular complexity index is 1080. The van der Waals surface area contributed by atoms with Crippen LogP contribution in [0.25, 0.3) is 10.2 Å². The standard InChI is InChI=1S/C19H17BrN2O3S/c1-11-8-15-16(9-12(11)2)26-19(22(15)10-17(23)25-3)21-18(24)13-6-4-5-7-14(13)20/h4-9H,10H2,1-3H3. The second kappa shape index (κ2) is 7.55. The third-order valence-corrected chi connectivity index (χ3v) is 5.85. The number of rotatable bonds is 3. The van der Waals surface area contributed by atoms with Crippen LogP contribution in [0.1, 0.15) is 21.5 Å². The molecular weight excluding hydrogens is 416 g/mol. The molecule has 26 heavy (non-hydrogen) atoms. The number of amides is 1. The predicted molar refractivity (Wildman–Crippen MR) is 105 cm³/mol. The number of fused-ring (bicyclic) bond motifs is 1. The smallest absolute Gasteiger partial charge is 0.325 e. The summed E-state index contributed by atoms with van der Waals surface area (Å²) < 4.78 is 8.18. The zero-order chi connectivity index (χ0) is 18.8. The van der Waals surface area contributed by atoms with Gasteiger partial charge in [-0.1, -0.05) is 23.5 Å². The van der Waals surface area contributed by atoms with Gasteiger partial charge >= 0.3 is 5.97 Å². The topological polar surface area (TPSA) is 60.7 Å². The number of carbonyl (C=O) groups is 2. The van der Waals surface area contributed by atoms with Crippen LogP contribution in [0.5, 0.6) is 0 Å². The van der Waals surface area contributed by atoms with Crippen LogP contribution < -0.4 is 4.80 Å². The number of thiazole rings is 1. The molecule has 134 valence electrons. The Hall–Kier alpha value is -2.25. The molecule has 0 N–H and O–H groups in total. The van der Waals surface area contributed by atoms with Crippen molar-refractivity contribution in [1.82, 2.24) is 4.57 Å². The summed E-state index contributed by atoms with van der Waals surface area (Å²) in [5, 5.41) is 0. The van der Waals surface area contributed by atoms with Gasteiger partial charge in [-0.3, -0.25) is 9.59 Å². The van der Waals surface area contributed by atoms with Crippen LogP contribution in [0.4, 0.5) is 0 Å². The first-order chi connectivity index (χ1) is 12.4. The van der Waals surface area contributed by atoms with E-state index in [0.717, 1.165) is 21.3 Å². The van der Waals surface area contributed by atoms with Gasteiger partial charge in [0.15, 0.2) is 4.80 Å². The Morgan fingerprint density at radius 1 is 1.19 bits per heavy atom. The van der Waals surface area contributed by atoms with Crippen molar-refractivity contribution in [2.24, 2.45) is 4.99 Å². The minimum Gasteiger partial charge on any atom is -0.468 e. The van der Waals surface area contributed by atoms with Crippen molar-refractivity contribution in [3.8, 4) is 0 Å². The molecule has 3 aromatic rings. The van der Waals surface area contributed by atoms with E-state index in [4.69, 9.17) is 4.74 Å². The summed E-state index contributed by atoms with van der Waals surface area (Å²) in [6.07, 6.45) is 0. The van der Waals surface area contributed by atoms with Gasteiger partial charge in [0.1, 0.15) is 6.54 Å². The lowest BCUT2D eigenvalue weighted by molar-refractivity contribution is -0.141. The molecule has 0 saturated carbocycles. The Balaban J connectivity index is 2.20. The maximum atomic E-state index is 12.6. The van der Waals surface area contributed by atoms with E-state index in [-0.39, 0.29) is 12.5 Å². The van der Waals surface area contributed by atoms with Crippen molar-refractivity contribution in [1.29, 1.82) is 0 Å². The summed E-state index contributed by atoms with van der Waals surface area (Å²) in [6.45, 7) is 4.04. The molecule has 0 radical (unpaired) electrons. The molecular formula is C19H17BrN2O3S. The summed E-state index contributed by atoms with van der Waals surface area (Å²) in [7, 11) is 1.34. The van der Waals surface area contributed by atoms with Crippen LogP contribution in [-0.2, 0) is 16.1 Å². The highest BCUT2D eigenvalue weighted by molar-refractivity contribution is 9.10. The number of ether oxygens (including phenoxy) is 1. The Morgan fingerprint density at radius 2 is 1.88 bits per heavy atom. The minimum atomic E-state index is -0.391. The number of halogens is 1. The largest absolute Gasteiger partial charge is 0.468 e. The fraction of sp³-hybridized carbons (Fsp3) is 0.211. The molecule has 0 aliphatic carbocycles. The van der Waals surface area contributed by atoms with E-state index in [0.29, 0.717) is 14.8 Å². The Kier molecular flexibility index (Phi) is 5.38. The van der Waals surface area contributed by atoms with E-state index in [2.05, 4.69) is 20.9 Å². The van der Waals surface area contributed by atoms with E-state index in [1.807, 2.05) is 32.0 Å². The lowest BCUT2D eigenvalue weighted by atomic mass is 10.1. The summed E-state index contributed by atoms with van der Waals surface area (Å²) in [5.41, 5.74) is 3.59. The Morgan fingerprint density at radius 3 is 2.58 bits per heavy atom. The van der Waals surface area contributed by atoms with Crippen molar-refractivity contribution < 1.29 is 14.3 Å². The van der Waals surface area contributed by atoms with Crippen molar-refractivity contribution in [3.63, 3.8) is 0 Å². The average molecular weight is 433 g/mol. The highest BCUT2D eigenvalue weighted by atomic mass is 79.9. The molecule has 0 atom stereocenters. The van der Waals surface area contributed by atoms with Crippen LogP contribution in [0.3, 0.4) is 0 Å². The fourth-order valence-electron chi connectivity index (χ4n) is 2.54. The molecule has 0 aliphatic heterocycles. The molecule has 1 aromatic heterocycles. The monoisotopic (exact) mass is 432 g/mol. The highest BCUT2D eigenvalue weighted by Gasteiger charge is 2.14. The number of benzene rings is 2. The number of hydrogen-bond donors (Lipinski definition) is 0. The van der Waals surface area contributed by atoms with E-state index < -0.39 is 5.97 Å². The van der Waals surface area contributed by atoms with E-state index in [1.54, 1.807) is 22.8 Å². The summed E-state index contributed by atoms with van der Waals surface area (Å²) in [6, 6.07) is 11.2. The SMILES string of the molecule is COC(=O)Cn1c(=NC(=O)c2ccccc2Br)sc2cc(C)c(C)cc21. The van der Waals surface area contributed by atoms with Gasteiger partial charge in [-0.25, -0.2) is 0 Å². The zero-order valence-electron chi connectivity index (χ0n) is 14.6. The molecule has 0 spiro atoms. The molecule has 1 heterocycles. The summed E-state index contributed by atoms with van der Waals surface area (Å²) in [5.74, 6) is -0.756. The van der Waals surface area contributed by atoms with Gasteiger partial charge < -0.3 is 9.30 Å². The second-order valence-corrected chi connectivity index (χ2v) is 7.71. The van der Waals surface area contributed by atoms with E-state index >= 15 is 0 Å². The van der Waals surface area contributed by atoms with Crippen LogP contribution in [0.2, 0.25) is 0 Å². The van der Waals surface area contributed by atoms with Gasteiger partial charge in [-0.15, -0.1) is 0 Å². The number of aromatic nitrogens is 1. The fourth-order valence-corrected chi connectivity index (χ4v) is 4.10. The molecule has 0 aliphatic rings. The number of esters is 1. The maximum absolute atomic E-state index is 12.6. The van der Waals surface area contributed by atoms with Gasteiger partial charge in [-0.05, 0) is 65.2 Å². The maximum Gasteiger partial charge on any atom is 0.325 e. The third-order valence-electron chi connectivity index (χ3n) is 4.11. The molecule has 2 aromatic carbocycles. The third kappa shape index (κ3) is 3.64. The molecule has 0 saturated heterocycles. The Labute approximate surface area is 163 Å². The first-order valence-electron chi connectivity index (χ1n) is 7.91. The molecule has 0 fully saturated rings. The van der Waals surface area contributed by atoms with Crippen molar-refractivity contribution >= 4 is 49.4 Å². The summed E-state index contributed by atoms with van der Waals surface area (Å²) in [4.78, 5) is 29.2. The second-order valence-electron chi connectivity index (χ2n) is 5.85. The number of methoxy groups -OCH3 is 1. The normalized spacial score (nSPS) is 11.8. The number of carbonyl (C=O) groups excluding carboxylic acids is 2. The first kappa shape index (κ1) is 18.5. The first-order valence-corrected chi connectivity index (χ1v) is 9.52. The number of aryl methyl sites for hydroxylation is 2. The van der Waals surface area contributed by atoms with Crippen molar-refractivity contribution in [2.75, 3.05) is 7.11 Å². The van der Waals surface area contributed by atoms with E-state index in [1.165, 1.54) is 18.4 Å². The average Bonchev–Trinajstić information content (AvgIpc) is 2.92. The molecule has 7 heteroatoms. The highest BCUT2D eigenvalue weighted by Crippen LogP contribution is 2.22. The minimum absolute atomic E-state index is 0.00107. The van der Waals surface area contributed by atoms with Gasteiger partial charge in [0, 0.05) is 4.47 Å². The molecule has 1 amide bonds. The van der Waals surface area contributed by atoms with Crippen LogP contribution in [0.15, 0.2) is 45.9 Å². The summed E-state index contributed by atoms with van der Waals surface area (Å²) >= 11 is 4.76. The molecule has 5 nitrogen and oxygen atoms in total. The quantitative estimate of drug-likeness (QED) is 0.587. The molecule has 0 unspecified atom stereocenters. The van der Waals surface area contributed by atoms with Crippen LogP contribution in [0, 0.1) is 13.8 Å². The molecule has 0 bridgehead atoms. The number of hydrogen-bond acceptors (Lipinski definition) is 4. The zero-order valence-corrected chi connectivity index (χ0v) is 17.0.